The van der Waals surface area contributed by atoms with Gasteiger partial charge in [0.1, 0.15) is 11.5 Å². The number of methoxy groups -OCH3 is 2. The maximum atomic E-state index is 6.05. The molecule has 1 aromatic carbocycles. The van der Waals surface area contributed by atoms with Crippen LogP contribution in [0.5, 0.6) is 11.5 Å². The van der Waals surface area contributed by atoms with Crippen molar-refractivity contribution in [1.82, 2.24) is 0 Å². The number of nitrogens with one attached hydrogen (secondary N) is 1. The molecule has 2 atom stereocenters. The lowest BCUT2D eigenvalue weighted by molar-refractivity contribution is 0.404. The lowest BCUT2D eigenvalue weighted by Crippen LogP contribution is -2.35. The van der Waals surface area contributed by atoms with Crippen LogP contribution in [0.15, 0.2) is 18.2 Å². The Hall–Kier alpha value is -1.42. The van der Waals surface area contributed by atoms with Crippen molar-refractivity contribution in [3.63, 3.8) is 0 Å². The van der Waals surface area contributed by atoms with Gasteiger partial charge in [0.25, 0.3) is 0 Å². The molecule has 0 heterocycles. The molecule has 1 aromatic rings. The van der Waals surface area contributed by atoms with Crippen LogP contribution in [0.3, 0.4) is 0 Å². The maximum absolute atomic E-state index is 6.05. The lowest BCUT2D eigenvalue weighted by Gasteiger charge is -2.20. The minimum atomic E-state index is 0.228. The highest BCUT2D eigenvalue weighted by atomic mass is 16.5. The van der Waals surface area contributed by atoms with E-state index in [9.17, 15) is 0 Å². The van der Waals surface area contributed by atoms with Crippen molar-refractivity contribution < 1.29 is 9.47 Å². The van der Waals surface area contributed by atoms with E-state index < -0.39 is 0 Å². The molecule has 17 heavy (non-hydrogen) atoms. The Morgan fingerprint density at radius 2 is 2.06 bits per heavy atom. The highest BCUT2D eigenvalue weighted by molar-refractivity contribution is 5.60. The molecule has 4 nitrogen and oxygen atoms in total. The lowest BCUT2D eigenvalue weighted by atomic mass is 10.1. The Morgan fingerprint density at radius 3 is 2.65 bits per heavy atom. The molecule has 0 bridgehead atoms. The molecule has 0 amide bonds. The van der Waals surface area contributed by atoms with E-state index in [1.807, 2.05) is 18.2 Å². The third-order valence-corrected chi connectivity index (χ3v) is 3.32. The fourth-order valence-electron chi connectivity index (χ4n) is 2.29. The predicted molar refractivity (Wildman–Crippen MR) is 68.8 cm³/mol. The zero-order chi connectivity index (χ0) is 12.3. The quantitative estimate of drug-likeness (QED) is 0.839. The highest BCUT2D eigenvalue weighted by Crippen LogP contribution is 2.31. The Labute approximate surface area is 102 Å². The first-order chi connectivity index (χ1) is 8.24. The third-order valence-electron chi connectivity index (χ3n) is 3.32. The second-order valence-corrected chi connectivity index (χ2v) is 4.41. The van der Waals surface area contributed by atoms with Crippen molar-refractivity contribution in [1.29, 1.82) is 0 Å². The molecular weight excluding hydrogens is 216 g/mol. The van der Waals surface area contributed by atoms with Gasteiger partial charge in [-0.2, -0.15) is 0 Å². The zero-order valence-electron chi connectivity index (χ0n) is 10.4. The molecule has 94 valence electrons. The van der Waals surface area contributed by atoms with Gasteiger partial charge in [0.2, 0.25) is 0 Å². The first kappa shape index (κ1) is 12.0. The van der Waals surface area contributed by atoms with E-state index in [1.54, 1.807) is 14.2 Å². The van der Waals surface area contributed by atoms with Crippen LogP contribution >= 0.6 is 0 Å². The molecule has 1 saturated carbocycles. The average Bonchev–Trinajstić information content (AvgIpc) is 2.75. The second kappa shape index (κ2) is 5.27. The summed E-state index contributed by atoms with van der Waals surface area (Å²) in [6.07, 6.45) is 3.39. The fraction of sp³-hybridized carbons (Fsp3) is 0.538. The average molecular weight is 236 g/mol. The Morgan fingerprint density at radius 1 is 1.24 bits per heavy atom. The van der Waals surface area contributed by atoms with Crippen LogP contribution in [0, 0.1) is 0 Å². The standard InChI is InChI=1S/C13H20N2O2/c1-16-9-6-7-13(17-2)12(8-9)15-11-5-3-4-10(11)14/h6-8,10-11,15H,3-5,14H2,1-2H3/t10-,11-/m1/s1. The molecule has 0 aromatic heterocycles. The minimum absolute atomic E-state index is 0.228. The van der Waals surface area contributed by atoms with Gasteiger partial charge in [0, 0.05) is 18.2 Å². The van der Waals surface area contributed by atoms with Crippen molar-refractivity contribution >= 4 is 5.69 Å². The molecule has 1 aliphatic rings. The van der Waals surface area contributed by atoms with Crippen LogP contribution in [0.25, 0.3) is 0 Å². The molecule has 1 aliphatic carbocycles. The van der Waals surface area contributed by atoms with E-state index in [0.717, 1.165) is 30.0 Å². The first-order valence-electron chi connectivity index (χ1n) is 5.98. The van der Waals surface area contributed by atoms with Gasteiger partial charge in [-0.3, -0.25) is 0 Å². The van der Waals surface area contributed by atoms with E-state index in [2.05, 4.69) is 5.32 Å². The Balaban J connectivity index is 2.17. The largest absolute Gasteiger partial charge is 0.497 e. The van der Waals surface area contributed by atoms with E-state index >= 15 is 0 Å². The third kappa shape index (κ3) is 2.64. The summed E-state index contributed by atoms with van der Waals surface area (Å²) < 4.78 is 10.6. The number of nitrogens with two attached hydrogens (primary N) is 1. The maximum Gasteiger partial charge on any atom is 0.142 e. The van der Waals surface area contributed by atoms with Crippen molar-refractivity contribution in [2.45, 2.75) is 31.3 Å². The van der Waals surface area contributed by atoms with Crippen LogP contribution in [-0.2, 0) is 0 Å². The summed E-state index contributed by atoms with van der Waals surface area (Å²) in [6, 6.07) is 6.30. The van der Waals surface area contributed by atoms with Gasteiger partial charge in [-0.1, -0.05) is 0 Å². The second-order valence-electron chi connectivity index (χ2n) is 4.41. The topological polar surface area (TPSA) is 56.5 Å². The van der Waals surface area contributed by atoms with Gasteiger partial charge in [0.05, 0.1) is 19.9 Å². The molecule has 1 fully saturated rings. The van der Waals surface area contributed by atoms with Gasteiger partial charge < -0.3 is 20.5 Å². The molecular formula is C13H20N2O2. The smallest absolute Gasteiger partial charge is 0.142 e. The van der Waals surface area contributed by atoms with Gasteiger partial charge in [-0.15, -0.1) is 0 Å². The molecule has 0 saturated heterocycles. The molecule has 4 heteroatoms. The van der Waals surface area contributed by atoms with Gasteiger partial charge >= 0.3 is 0 Å². The predicted octanol–water partition coefficient (Wildman–Crippen LogP) is 2.00. The molecule has 3 N–H and O–H groups in total. The number of rotatable bonds is 4. The molecule has 0 unspecified atom stereocenters. The molecule has 0 aliphatic heterocycles. The van der Waals surface area contributed by atoms with Gasteiger partial charge in [-0.25, -0.2) is 0 Å². The van der Waals surface area contributed by atoms with Gasteiger partial charge in [0.15, 0.2) is 0 Å². The normalized spacial score (nSPS) is 23.5. The number of ether oxygens (including phenoxy) is 2. The van der Waals surface area contributed by atoms with Crippen LogP contribution in [0.1, 0.15) is 19.3 Å². The van der Waals surface area contributed by atoms with Crippen molar-refractivity contribution in [2.75, 3.05) is 19.5 Å². The van der Waals surface area contributed by atoms with Crippen LogP contribution < -0.4 is 20.5 Å². The highest BCUT2D eigenvalue weighted by Gasteiger charge is 2.24. The van der Waals surface area contributed by atoms with Gasteiger partial charge in [-0.05, 0) is 31.4 Å². The summed E-state index contributed by atoms with van der Waals surface area (Å²) in [5.41, 5.74) is 7.01. The van der Waals surface area contributed by atoms with E-state index in [4.69, 9.17) is 15.2 Å². The van der Waals surface area contributed by atoms with E-state index in [-0.39, 0.29) is 6.04 Å². The Bertz CT molecular complexity index is 382. The molecule has 2 rings (SSSR count). The summed E-state index contributed by atoms with van der Waals surface area (Å²) in [7, 11) is 3.33. The molecule has 0 spiro atoms. The van der Waals surface area contributed by atoms with Crippen molar-refractivity contribution in [2.24, 2.45) is 5.73 Å². The first-order valence-corrected chi connectivity index (χ1v) is 5.98. The molecule has 0 radical (unpaired) electrons. The van der Waals surface area contributed by atoms with Crippen LogP contribution in [0.2, 0.25) is 0 Å². The Kier molecular flexibility index (Phi) is 3.74. The van der Waals surface area contributed by atoms with Crippen molar-refractivity contribution in [3.8, 4) is 11.5 Å². The monoisotopic (exact) mass is 236 g/mol. The summed E-state index contributed by atoms with van der Waals surface area (Å²) in [4.78, 5) is 0. The number of hydrogen-bond acceptors (Lipinski definition) is 4. The van der Waals surface area contributed by atoms with Crippen LogP contribution in [0.4, 0.5) is 5.69 Å². The van der Waals surface area contributed by atoms with E-state index in [0.29, 0.717) is 6.04 Å². The summed E-state index contributed by atoms with van der Waals surface area (Å²) in [6.45, 7) is 0. The van der Waals surface area contributed by atoms with E-state index in [1.165, 1.54) is 6.42 Å². The summed E-state index contributed by atoms with van der Waals surface area (Å²) >= 11 is 0. The number of benzene rings is 1. The fourth-order valence-corrected chi connectivity index (χ4v) is 2.29. The zero-order valence-corrected chi connectivity index (χ0v) is 10.4. The minimum Gasteiger partial charge on any atom is -0.497 e. The number of hydrogen-bond donors (Lipinski definition) is 2. The summed E-state index contributed by atoms with van der Waals surface area (Å²) in [5, 5.41) is 3.45. The summed E-state index contributed by atoms with van der Waals surface area (Å²) in [5.74, 6) is 1.64. The number of anilines is 1. The van der Waals surface area contributed by atoms with Crippen LogP contribution in [-0.4, -0.2) is 26.3 Å². The SMILES string of the molecule is COc1ccc(OC)c(N[C@@H]2CCC[C@H]2N)c1. The van der Waals surface area contributed by atoms with Crippen molar-refractivity contribution in [3.05, 3.63) is 18.2 Å².